The summed E-state index contributed by atoms with van der Waals surface area (Å²) in [6.45, 7) is -0.631. The minimum absolute atomic E-state index is 0.0866. The Morgan fingerprint density at radius 3 is 2.69 bits per heavy atom. The van der Waals surface area contributed by atoms with Crippen LogP contribution >= 0.6 is 11.6 Å². The maximum atomic E-state index is 13.6. The molecule has 0 fully saturated rings. The number of nitrogens with two attached hydrogens (primary N) is 1. The van der Waals surface area contributed by atoms with Gasteiger partial charge in [0.2, 0.25) is 0 Å². The summed E-state index contributed by atoms with van der Waals surface area (Å²) in [4.78, 5) is 20.3. The molecule has 0 spiro atoms. The van der Waals surface area contributed by atoms with E-state index < -0.39 is 24.7 Å². The summed E-state index contributed by atoms with van der Waals surface area (Å²) in [5, 5.41) is -0.129. The van der Waals surface area contributed by atoms with Crippen LogP contribution in [0.25, 0.3) is 28.3 Å². The number of alkyl halides is 2. The minimum atomic E-state index is -2.65. The lowest BCUT2D eigenvalue weighted by atomic mass is 10.1. The van der Waals surface area contributed by atoms with Gasteiger partial charge in [0.25, 0.3) is 12.3 Å². The van der Waals surface area contributed by atoms with Crippen molar-refractivity contribution in [1.82, 2.24) is 18.9 Å². The fourth-order valence-electron chi connectivity index (χ4n) is 3.19. The van der Waals surface area contributed by atoms with E-state index >= 15 is 0 Å². The molecule has 0 unspecified atom stereocenters. The van der Waals surface area contributed by atoms with E-state index in [0.717, 1.165) is 0 Å². The molecule has 0 radical (unpaired) electrons. The SMILES string of the molecule is NC(=O)c1cnc2cccc(-c3c(-c4ccc(F)c(Cl)c4)ncn3CC(F)F)n12. The Bertz CT molecular complexity index is 1230. The highest BCUT2D eigenvalue weighted by Crippen LogP contribution is 2.34. The highest BCUT2D eigenvalue weighted by atomic mass is 35.5. The van der Waals surface area contributed by atoms with E-state index in [1.807, 2.05) is 0 Å². The van der Waals surface area contributed by atoms with Crippen LogP contribution in [-0.4, -0.2) is 31.3 Å². The average molecular weight is 420 g/mol. The molecule has 0 saturated carbocycles. The third kappa shape index (κ3) is 3.33. The number of hydrogen-bond donors (Lipinski definition) is 1. The highest BCUT2D eigenvalue weighted by Gasteiger charge is 2.22. The van der Waals surface area contributed by atoms with E-state index in [0.29, 0.717) is 28.3 Å². The van der Waals surface area contributed by atoms with Crippen LogP contribution in [0.3, 0.4) is 0 Å². The van der Waals surface area contributed by atoms with E-state index in [1.165, 1.54) is 39.7 Å². The number of carbonyl (C=O) groups excluding carboxylic acids is 1. The molecule has 6 nitrogen and oxygen atoms in total. The monoisotopic (exact) mass is 419 g/mol. The van der Waals surface area contributed by atoms with Gasteiger partial charge in [-0.2, -0.15) is 0 Å². The predicted octanol–water partition coefficient (Wildman–Crippen LogP) is 4.02. The molecule has 0 aliphatic rings. The van der Waals surface area contributed by atoms with Gasteiger partial charge in [0.1, 0.15) is 17.2 Å². The van der Waals surface area contributed by atoms with Crippen molar-refractivity contribution in [2.75, 3.05) is 0 Å². The molecule has 2 N–H and O–H groups in total. The summed E-state index contributed by atoms with van der Waals surface area (Å²) >= 11 is 5.89. The standard InChI is InChI=1S/C19H13ClF3N5O/c20-11-6-10(4-5-12(11)21)17-18(27(9-26-17)8-15(22)23)13-2-1-3-16-25-7-14(19(24)29)28(13)16/h1-7,9,15H,8H2,(H2,24,29). The Kier molecular flexibility index (Phi) is 4.75. The smallest absolute Gasteiger partial charge is 0.267 e. The van der Waals surface area contributed by atoms with Crippen molar-refractivity contribution in [1.29, 1.82) is 0 Å². The minimum Gasteiger partial charge on any atom is -0.364 e. The summed E-state index contributed by atoms with van der Waals surface area (Å²) in [6.07, 6.45) is -0.0813. The Hall–Kier alpha value is -3.33. The number of amides is 1. The summed E-state index contributed by atoms with van der Waals surface area (Å²) in [5.41, 5.74) is 7.33. The van der Waals surface area contributed by atoms with Gasteiger partial charge in [-0.25, -0.2) is 23.1 Å². The molecular weight excluding hydrogens is 407 g/mol. The summed E-state index contributed by atoms with van der Waals surface area (Å²) in [7, 11) is 0. The molecule has 1 amide bonds. The van der Waals surface area contributed by atoms with Crippen molar-refractivity contribution in [3.63, 3.8) is 0 Å². The molecule has 0 bridgehead atoms. The molecule has 0 aliphatic carbocycles. The number of primary amides is 1. The lowest BCUT2D eigenvalue weighted by Gasteiger charge is -2.13. The van der Waals surface area contributed by atoms with E-state index in [-0.39, 0.29) is 10.7 Å². The van der Waals surface area contributed by atoms with Crippen LogP contribution in [0.1, 0.15) is 10.5 Å². The van der Waals surface area contributed by atoms with E-state index in [1.54, 1.807) is 18.2 Å². The van der Waals surface area contributed by atoms with Crippen molar-refractivity contribution in [2.45, 2.75) is 13.0 Å². The first-order valence-corrected chi connectivity index (χ1v) is 8.80. The number of nitrogens with zero attached hydrogens (tertiary/aromatic N) is 4. The molecule has 3 aromatic heterocycles. The summed E-state index contributed by atoms with van der Waals surface area (Å²) in [5.74, 6) is -1.34. The number of aromatic nitrogens is 4. The van der Waals surface area contributed by atoms with Crippen LogP contribution in [0.5, 0.6) is 0 Å². The van der Waals surface area contributed by atoms with Crippen LogP contribution in [0, 0.1) is 5.82 Å². The molecule has 4 aromatic rings. The van der Waals surface area contributed by atoms with Gasteiger partial charge in [-0.05, 0) is 30.3 Å². The number of fused-ring (bicyclic) bond motifs is 1. The van der Waals surface area contributed by atoms with Gasteiger partial charge in [-0.15, -0.1) is 0 Å². The molecule has 0 saturated heterocycles. The molecule has 0 atom stereocenters. The number of hydrogen-bond acceptors (Lipinski definition) is 3. The first kappa shape index (κ1) is 19.0. The first-order valence-electron chi connectivity index (χ1n) is 8.42. The number of rotatable bonds is 5. The van der Waals surface area contributed by atoms with E-state index in [9.17, 15) is 18.0 Å². The zero-order chi connectivity index (χ0) is 20.7. The highest BCUT2D eigenvalue weighted by molar-refractivity contribution is 6.31. The van der Waals surface area contributed by atoms with Crippen LogP contribution in [-0.2, 0) is 6.54 Å². The molecule has 10 heteroatoms. The Balaban J connectivity index is 2.03. The van der Waals surface area contributed by atoms with Crippen LogP contribution in [0.4, 0.5) is 13.2 Å². The number of halogens is 4. The largest absolute Gasteiger partial charge is 0.364 e. The molecule has 4 rings (SSSR count). The van der Waals surface area contributed by atoms with Crippen molar-refractivity contribution >= 4 is 23.2 Å². The van der Waals surface area contributed by atoms with E-state index in [2.05, 4.69) is 9.97 Å². The van der Waals surface area contributed by atoms with Gasteiger partial charge in [0, 0.05) is 5.56 Å². The molecule has 0 aliphatic heterocycles. The summed E-state index contributed by atoms with van der Waals surface area (Å²) in [6, 6.07) is 8.93. The fourth-order valence-corrected chi connectivity index (χ4v) is 3.37. The van der Waals surface area contributed by atoms with E-state index in [4.69, 9.17) is 17.3 Å². The van der Waals surface area contributed by atoms with Crippen LogP contribution in [0.2, 0.25) is 5.02 Å². The second kappa shape index (κ2) is 7.25. The van der Waals surface area contributed by atoms with Crippen molar-refractivity contribution < 1.29 is 18.0 Å². The predicted molar refractivity (Wildman–Crippen MR) is 101 cm³/mol. The second-order valence-electron chi connectivity index (χ2n) is 6.23. The molecule has 148 valence electrons. The van der Waals surface area contributed by atoms with Crippen molar-refractivity contribution in [2.24, 2.45) is 5.73 Å². The number of benzene rings is 1. The Labute approximate surface area is 167 Å². The third-order valence-electron chi connectivity index (χ3n) is 4.39. The quantitative estimate of drug-likeness (QED) is 0.530. The normalized spacial score (nSPS) is 11.5. The molecular formula is C19H13ClF3N5O. The maximum Gasteiger partial charge on any atom is 0.267 e. The lowest BCUT2D eigenvalue weighted by molar-refractivity contribution is 0.0994. The van der Waals surface area contributed by atoms with Gasteiger partial charge in [0.05, 0.1) is 41.2 Å². The van der Waals surface area contributed by atoms with Gasteiger partial charge >= 0.3 is 0 Å². The van der Waals surface area contributed by atoms with Crippen molar-refractivity contribution in [3.05, 3.63) is 65.5 Å². The molecule has 1 aromatic carbocycles. The second-order valence-corrected chi connectivity index (χ2v) is 6.63. The third-order valence-corrected chi connectivity index (χ3v) is 4.68. The maximum absolute atomic E-state index is 13.6. The Morgan fingerprint density at radius 2 is 2.00 bits per heavy atom. The van der Waals surface area contributed by atoms with Crippen LogP contribution in [0.15, 0.2) is 48.9 Å². The number of carbonyl (C=O) groups is 1. The fraction of sp³-hybridized carbons (Fsp3) is 0.105. The van der Waals surface area contributed by atoms with Gasteiger partial charge < -0.3 is 10.3 Å². The van der Waals surface area contributed by atoms with Gasteiger partial charge in [-0.3, -0.25) is 9.20 Å². The van der Waals surface area contributed by atoms with Crippen LogP contribution < -0.4 is 5.73 Å². The Morgan fingerprint density at radius 1 is 1.21 bits per heavy atom. The lowest BCUT2D eigenvalue weighted by Crippen LogP contribution is -2.15. The average Bonchev–Trinajstić information content (AvgIpc) is 3.28. The zero-order valence-electron chi connectivity index (χ0n) is 14.7. The molecule has 29 heavy (non-hydrogen) atoms. The topological polar surface area (TPSA) is 78.2 Å². The first-order chi connectivity index (χ1) is 13.9. The number of imidazole rings is 2. The summed E-state index contributed by atoms with van der Waals surface area (Å²) < 4.78 is 42.7. The zero-order valence-corrected chi connectivity index (χ0v) is 15.4. The van der Waals surface area contributed by atoms with Gasteiger partial charge in [-0.1, -0.05) is 17.7 Å². The van der Waals surface area contributed by atoms with Crippen molar-refractivity contribution in [3.8, 4) is 22.6 Å². The van der Waals surface area contributed by atoms with Gasteiger partial charge in [0.15, 0.2) is 0 Å². The molecule has 3 heterocycles. The number of pyridine rings is 1.